The van der Waals surface area contributed by atoms with Crippen LogP contribution in [0.2, 0.25) is 10.0 Å². The fourth-order valence-electron chi connectivity index (χ4n) is 1.44. The van der Waals surface area contributed by atoms with Crippen LogP contribution in [-0.2, 0) is 4.79 Å². The highest BCUT2D eigenvalue weighted by Gasteiger charge is 2.29. The first-order valence-electron chi connectivity index (χ1n) is 4.47. The van der Waals surface area contributed by atoms with Gasteiger partial charge in [0.25, 0.3) is 0 Å². The van der Waals surface area contributed by atoms with Crippen LogP contribution in [0, 0.1) is 0 Å². The third-order valence-electron chi connectivity index (χ3n) is 2.23. The lowest BCUT2D eigenvalue weighted by Crippen LogP contribution is -2.27. The molecule has 0 spiro atoms. The monoisotopic (exact) mass is 261 g/mol. The molecule has 0 bridgehead atoms. The van der Waals surface area contributed by atoms with Crippen LogP contribution < -0.4 is 4.90 Å². The van der Waals surface area contributed by atoms with Crippen molar-refractivity contribution in [3.05, 3.63) is 28.2 Å². The molecule has 5 heteroatoms. The first-order chi connectivity index (χ1) is 7.08. The molecule has 0 saturated carbocycles. The number of nitrogens with zero attached hydrogens (tertiary/aromatic N) is 1. The van der Waals surface area contributed by atoms with Gasteiger partial charge in [-0.3, -0.25) is 4.79 Å². The zero-order valence-corrected chi connectivity index (χ0v) is 10.4. The SMILES string of the molecule is CC1SCN(c2cc(Cl)cc(Cl)c2)C1=O. The minimum atomic E-state index is 0.0164. The van der Waals surface area contributed by atoms with Gasteiger partial charge < -0.3 is 4.90 Å². The number of benzene rings is 1. The van der Waals surface area contributed by atoms with E-state index in [1.807, 2.05) is 6.92 Å². The van der Waals surface area contributed by atoms with E-state index in [9.17, 15) is 4.79 Å². The van der Waals surface area contributed by atoms with E-state index in [4.69, 9.17) is 23.2 Å². The predicted octanol–water partition coefficient (Wildman–Crippen LogP) is 3.42. The van der Waals surface area contributed by atoms with Gasteiger partial charge in [-0.15, -0.1) is 11.8 Å². The van der Waals surface area contributed by atoms with E-state index in [-0.39, 0.29) is 11.2 Å². The molecule has 0 aromatic heterocycles. The van der Waals surface area contributed by atoms with E-state index >= 15 is 0 Å². The summed E-state index contributed by atoms with van der Waals surface area (Å²) in [5, 5.41) is 1.12. The molecule has 80 valence electrons. The summed E-state index contributed by atoms with van der Waals surface area (Å²) in [7, 11) is 0. The Bertz CT molecular complexity index is 390. The highest BCUT2D eigenvalue weighted by atomic mass is 35.5. The Balaban J connectivity index is 2.34. The zero-order chi connectivity index (χ0) is 11.0. The maximum Gasteiger partial charge on any atom is 0.240 e. The summed E-state index contributed by atoms with van der Waals surface area (Å²) in [4.78, 5) is 13.4. The average Bonchev–Trinajstić information content (AvgIpc) is 2.46. The number of carbonyl (C=O) groups excluding carboxylic acids is 1. The quantitative estimate of drug-likeness (QED) is 0.772. The second-order valence-corrected chi connectivity index (χ2v) is 5.50. The standard InChI is InChI=1S/C10H9Cl2NOS/c1-6-10(14)13(5-15-6)9-3-7(11)2-8(12)4-9/h2-4,6H,5H2,1H3. The molecule has 0 aliphatic carbocycles. The van der Waals surface area contributed by atoms with Crippen LogP contribution in [0.25, 0.3) is 0 Å². The third kappa shape index (κ3) is 2.25. The lowest BCUT2D eigenvalue weighted by molar-refractivity contribution is -0.117. The summed E-state index contributed by atoms with van der Waals surface area (Å²) in [5.41, 5.74) is 0.773. The lowest BCUT2D eigenvalue weighted by atomic mass is 10.3. The van der Waals surface area contributed by atoms with E-state index in [2.05, 4.69) is 0 Å². The summed E-state index contributed by atoms with van der Waals surface area (Å²) < 4.78 is 0. The summed E-state index contributed by atoms with van der Waals surface area (Å²) in [6.07, 6.45) is 0. The fraction of sp³-hybridized carbons (Fsp3) is 0.300. The van der Waals surface area contributed by atoms with Crippen LogP contribution in [0.5, 0.6) is 0 Å². The van der Waals surface area contributed by atoms with E-state index in [1.54, 1.807) is 34.9 Å². The van der Waals surface area contributed by atoms with Crippen LogP contribution in [0.3, 0.4) is 0 Å². The van der Waals surface area contributed by atoms with Crippen molar-refractivity contribution in [1.29, 1.82) is 0 Å². The van der Waals surface area contributed by atoms with Gasteiger partial charge in [-0.25, -0.2) is 0 Å². The number of hydrogen-bond acceptors (Lipinski definition) is 2. The van der Waals surface area contributed by atoms with Gasteiger partial charge in [0.1, 0.15) is 0 Å². The van der Waals surface area contributed by atoms with Gasteiger partial charge >= 0.3 is 0 Å². The Hall–Kier alpha value is -0.380. The van der Waals surface area contributed by atoms with Gasteiger partial charge in [-0.2, -0.15) is 0 Å². The van der Waals surface area contributed by atoms with Gasteiger partial charge in [0.05, 0.1) is 11.1 Å². The molecule has 2 rings (SSSR count). The van der Waals surface area contributed by atoms with Crippen molar-refractivity contribution in [1.82, 2.24) is 0 Å². The molecule has 1 unspecified atom stereocenters. The van der Waals surface area contributed by atoms with Crippen molar-refractivity contribution in [3.63, 3.8) is 0 Å². The molecule has 1 atom stereocenters. The highest BCUT2D eigenvalue weighted by Crippen LogP contribution is 2.32. The normalized spacial score (nSPS) is 21.1. The van der Waals surface area contributed by atoms with Crippen LogP contribution in [0.1, 0.15) is 6.92 Å². The zero-order valence-electron chi connectivity index (χ0n) is 8.04. The van der Waals surface area contributed by atoms with Crippen LogP contribution in [-0.4, -0.2) is 17.0 Å². The van der Waals surface area contributed by atoms with E-state index in [1.165, 1.54) is 0 Å². The molecule has 1 heterocycles. The third-order valence-corrected chi connectivity index (χ3v) is 3.77. The number of amides is 1. The second-order valence-electron chi connectivity index (χ2n) is 3.33. The Morgan fingerprint density at radius 2 is 1.93 bits per heavy atom. The van der Waals surface area contributed by atoms with Crippen molar-refractivity contribution in [2.45, 2.75) is 12.2 Å². The fourth-order valence-corrected chi connectivity index (χ4v) is 2.87. The van der Waals surface area contributed by atoms with Gasteiger partial charge in [-0.1, -0.05) is 23.2 Å². The minimum absolute atomic E-state index is 0.0164. The minimum Gasteiger partial charge on any atom is -0.302 e. The lowest BCUT2D eigenvalue weighted by Gasteiger charge is -2.15. The van der Waals surface area contributed by atoms with Crippen LogP contribution in [0.4, 0.5) is 5.69 Å². The summed E-state index contributed by atoms with van der Waals surface area (Å²) in [6, 6.07) is 5.16. The maximum absolute atomic E-state index is 11.7. The largest absolute Gasteiger partial charge is 0.302 e. The summed E-state index contributed by atoms with van der Waals surface area (Å²) in [6.45, 7) is 1.90. The molecule has 1 aliphatic heterocycles. The topological polar surface area (TPSA) is 20.3 Å². The molecule has 0 radical (unpaired) electrons. The highest BCUT2D eigenvalue weighted by molar-refractivity contribution is 8.01. The Morgan fingerprint density at radius 3 is 2.40 bits per heavy atom. The molecule has 1 aromatic rings. The van der Waals surface area contributed by atoms with Crippen LogP contribution in [0.15, 0.2) is 18.2 Å². The molecular weight excluding hydrogens is 253 g/mol. The molecule has 1 amide bonds. The summed E-state index contributed by atoms with van der Waals surface area (Å²) >= 11 is 13.4. The number of anilines is 1. The van der Waals surface area contributed by atoms with Crippen molar-refractivity contribution >= 4 is 46.6 Å². The number of hydrogen-bond donors (Lipinski definition) is 0. The van der Waals surface area contributed by atoms with E-state index < -0.39 is 0 Å². The van der Waals surface area contributed by atoms with Gasteiger partial charge in [0.15, 0.2) is 0 Å². The second kappa shape index (κ2) is 4.24. The van der Waals surface area contributed by atoms with Gasteiger partial charge in [0, 0.05) is 15.7 Å². The molecule has 1 fully saturated rings. The molecule has 0 N–H and O–H groups in total. The van der Waals surface area contributed by atoms with Crippen molar-refractivity contribution < 1.29 is 4.79 Å². The first-order valence-corrected chi connectivity index (χ1v) is 6.27. The Labute approximate surface area is 103 Å². The predicted molar refractivity (Wildman–Crippen MR) is 65.9 cm³/mol. The van der Waals surface area contributed by atoms with Crippen molar-refractivity contribution in [2.75, 3.05) is 10.8 Å². The van der Waals surface area contributed by atoms with E-state index in [0.717, 1.165) is 5.69 Å². The molecule has 2 nitrogen and oxygen atoms in total. The Morgan fingerprint density at radius 1 is 1.33 bits per heavy atom. The van der Waals surface area contributed by atoms with Crippen LogP contribution >= 0.6 is 35.0 Å². The number of rotatable bonds is 1. The van der Waals surface area contributed by atoms with Crippen molar-refractivity contribution in [2.24, 2.45) is 0 Å². The number of halogens is 2. The molecule has 15 heavy (non-hydrogen) atoms. The maximum atomic E-state index is 11.7. The summed E-state index contributed by atoms with van der Waals surface area (Å²) in [5.74, 6) is 0.773. The van der Waals surface area contributed by atoms with E-state index in [0.29, 0.717) is 15.9 Å². The number of thioether (sulfide) groups is 1. The van der Waals surface area contributed by atoms with Gasteiger partial charge in [-0.05, 0) is 25.1 Å². The smallest absolute Gasteiger partial charge is 0.240 e. The average molecular weight is 262 g/mol. The van der Waals surface area contributed by atoms with Gasteiger partial charge in [0.2, 0.25) is 5.91 Å². The van der Waals surface area contributed by atoms with Crippen molar-refractivity contribution in [3.8, 4) is 0 Å². The number of carbonyl (C=O) groups is 1. The Kier molecular flexibility index (Phi) is 3.14. The molecule has 1 aromatic carbocycles. The molecular formula is C10H9Cl2NOS. The molecule has 1 aliphatic rings. The molecule has 1 saturated heterocycles. The first kappa shape index (κ1) is 11.1.